The van der Waals surface area contributed by atoms with E-state index < -0.39 is 0 Å². The summed E-state index contributed by atoms with van der Waals surface area (Å²) in [6.45, 7) is 10.5. The zero-order valence-electron chi connectivity index (χ0n) is 16.6. The van der Waals surface area contributed by atoms with Gasteiger partial charge in [0, 0.05) is 30.7 Å². The molecule has 1 amide bonds. The van der Waals surface area contributed by atoms with Crippen LogP contribution in [0.2, 0.25) is 0 Å². The van der Waals surface area contributed by atoms with E-state index in [0.717, 1.165) is 40.3 Å². The van der Waals surface area contributed by atoms with E-state index >= 15 is 0 Å². The third-order valence-electron chi connectivity index (χ3n) is 4.70. The molecule has 0 atom stereocenters. The molecule has 0 aliphatic rings. The lowest BCUT2D eigenvalue weighted by Crippen LogP contribution is -2.21. The Morgan fingerprint density at radius 2 is 1.79 bits per heavy atom. The van der Waals surface area contributed by atoms with E-state index in [9.17, 15) is 4.79 Å². The van der Waals surface area contributed by atoms with Crippen molar-refractivity contribution in [2.75, 3.05) is 23.3 Å². The van der Waals surface area contributed by atoms with Gasteiger partial charge in [0.2, 0.25) is 0 Å². The molecule has 7 nitrogen and oxygen atoms in total. The molecule has 148 valence electrons. The van der Waals surface area contributed by atoms with Gasteiger partial charge in [-0.25, -0.2) is 4.68 Å². The number of hydrogen-bond donors (Lipinski definition) is 1. The largest absolute Gasteiger partial charge is 0.372 e. The Morgan fingerprint density at radius 1 is 1.11 bits per heavy atom. The summed E-state index contributed by atoms with van der Waals surface area (Å²) in [6.07, 6.45) is 1.78. The second kappa shape index (κ2) is 8.60. The van der Waals surface area contributed by atoms with Crippen molar-refractivity contribution in [2.45, 2.75) is 34.4 Å². The van der Waals surface area contributed by atoms with Crippen LogP contribution in [0, 0.1) is 13.8 Å². The first-order chi connectivity index (χ1) is 13.4. The lowest BCUT2D eigenvalue weighted by molar-refractivity contribution is 0.102. The van der Waals surface area contributed by atoms with Crippen molar-refractivity contribution in [3.63, 3.8) is 0 Å². The maximum Gasteiger partial charge on any atom is 0.276 e. The summed E-state index contributed by atoms with van der Waals surface area (Å²) in [5, 5.41) is 11.7. The number of hydrogen-bond acceptors (Lipinski definition) is 4. The van der Waals surface area contributed by atoms with Crippen molar-refractivity contribution in [1.29, 1.82) is 0 Å². The predicted molar refractivity (Wildman–Crippen MR) is 115 cm³/mol. The van der Waals surface area contributed by atoms with Crippen molar-refractivity contribution in [2.24, 2.45) is 0 Å². The fourth-order valence-corrected chi connectivity index (χ4v) is 3.34. The van der Waals surface area contributed by atoms with Crippen molar-refractivity contribution in [1.82, 2.24) is 19.6 Å². The van der Waals surface area contributed by atoms with Crippen LogP contribution < -0.4 is 10.2 Å². The van der Waals surface area contributed by atoms with Gasteiger partial charge in [-0.1, -0.05) is 0 Å². The first kappa shape index (κ1) is 20.1. The minimum absolute atomic E-state index is 0.233. The molecule has 0 unspecified atom stereocenters. The van der Waals surface area contributed by atoms with Crippen LogP contribution in [0.5, 0.6) is 0 Å². The second-order valence-electron chi connectivity index (χ2n) is 6.54. The van der Waals surface area contributed by atoms with E-state index in [-0.39, 0.29) is 5.91 Å². The minimum atomic E-state index is -0.233. The molecule has 0 aliphatic carbocycles. The number of nitrogens with zero attached hydrogens (tertiary/aromatic N) is 5. The maximum absolute atomic E-state index is 12.5. The van der Waals surface area contributed by atoms with E-state index in [0.29, 0.717) is 12.4 Å². The number of nitrogens with one attached hydrogen (secondary N) is 1. The molecule has 0 spiro atoms. The van der Waals surface area contributed by atoms with Gasteiger partial charge in [-0.2, -0.15) is 10.2 Å². The summed E-state index contributed by atoms with van der Waals surface area (Å²) in [6, 6.07) is 9.57. The van der Waals surface area contributed by atoms with Gasteiger partial charge in [-0.15, -0.1) is 0 Å². The van der Waals surface area contributed by atoms with Crippen molar-refractivity contribution in [3.8, 4) is 0 Å². The van der Waals surface area contributed by atoms with Crippen molar-refractivity contribution in [3.05, 3.63) is 58.1 Å². The zero-order chi connectivity index (χ0) is 20.3. The highest BCUT2D eigenvalue weighted by atomic mass is 79.9. The molecule has 0 radical (unpaired) electrons. The Morgan fingerprint density at radius 3 is 2.36 bits per heavy atom. The number of halogens is 1. The number of benzene rings is 1. The quantitative estimate of drug-likeness (QED) is 0.596. The molecule has 1 N–H and O–H groups in total. The standard InChI is InChI=1S/C20H25BrN6O/c1-5-25(6-2)17-9-7-16(8-10-17)22-20(28)18-11-12-26(24-18)13-27-15(4)19(21)14(3)23-27/h7-12H,5-6,13H2,1-4H3,(H,22,28). The topological polar surface area (TPSA) is 68.0 Å². The van der Waals surface area contributed by atoms with Crippen LogP contribution in [0.3, 0.4) is 0 Å². The predicted octanol–water partition coefficient (Wildman–Crippen LogP) is 4.06. The normalized spacial score (nSPS) is 10.9. The molecule has 0 aliphatic heterocycles. The third-order valence-corrected chi connectivity index (χ3v) is 5.85. The molecule has 1 aromatic carbocycles. The Kier molecular flexibility index (Phi) is 6.18. The second-order valence-corrected chi connectivity index (χ2v) is 7.33. The number of rotatable bonds is 7. The van der Waals surface area contributed by atoms with Gasteiger partial charge in [0.25, 0.3) is 5.91 Å². The average molecular weight is 445 g/mol. The molecule has 2 aromatic heterocycles. The highest BCUT2D eigenvalue weighted by molar-refractivity contribution is 9.10. The maximum atomic E-state index is 12.5. The lowest BCUT2D eigenvalue weighted by Gasteiger charge is -2.21. The summed E-state index contributed by atoms with van der Waals surface area (Å²) >= 11 is 3.52. The van der Waals surface area contributed by atoms with Gasteiger partial charge in [0.15, 0.2) is 5.69 Å². The number of carbonyl (C=O) groups excluding carboxylic acids is 1. The van der Waals surface area contributed by atoms with Gasteiger partial charge in [-0.3, -0.25) is 9.48 Å². The molecule has 0 saturated carbocycles. The van der Waals surface area contributed by atoms with Gasteiger partial charge in [0.05, 0.1) is 15.9 Å². The lowest BCUT2D eigenvalue weighted by atomic mass is 10.2. The molecule has 3 rings (SSSR count). The Hall–Kier alpha value is -2.61. The summed E-state index contributed by atoms with van der Waals surface area (Å²) in [4.78, 5) is 14.8. The van der Waals surface area contributed by atoms with E-state index in [1.54, 1.807) is 16.9 Å². The highest BCUT2D eigenvalue weighted by Crippen LogP contribution is 2.20. The molecule has 0 saturated heterocycles. The number of anilines is 2. The molecule has 8 heteroatoms. The molecule has 28 heavy (non-hydrogen) atoms. The Balaban J connectivity index is 1.66. The Bertz CT molecular complexity index is 956. The van der Waals surface area contributed by atoms with Gasteiger partial charge in [-0.05, 0) is 74.0 Å². The SMILES string of the molecule is CCN(CC)c1ccc(NC(=O)c2ccn(Cn3nc(C)c(Br)c3C)n2)cc1. The fourth-order valence-electron chi connectivity index (χ4n) is 3.05. The number of aromatic nitrogens is 4. The van der Waals surface area contributed by atoms with E-state index in [4.69, 9.17) is 0 Å². The first-order valence-corrected chi connectivity index (χ1v) is 10.1. The smallest absolute Gasteiger partial charge is 0.276 e. The summed E-state index contributed by atoms with van der Waals surface area (Å²) in [5.74, 6) is -0.233. The van der Waals surface area contributed by atoms with E-state index in [1.807, 2.05) is 42.8 Å². The van der Waals surface area contributed by atoms with E-state index in [1.165, 1.54) is 0 Å². The van der Waals surface area contributed by atoms with Crippen molar-refractivity contribution >= 4 is 33.2 Å². The molecular formula is C20H25BrN6O. The van der Waals surface area contributed by atoms with Gasteiger partial charge >= 0.3 is 0 Å². The van der Waals surface area contributed by atoms with Gasteiger partial charge in [0.1, 0.15) is 6.67 Å². The van der Waals surface area contributed by atoms with Crippen molar-refractivity contribution < 1.29 is 4.79 Å². The monoisotopic (exact) mass is 444 g/mol. The van der Waals surface area contributed by atoms with Crippen LogP contribution in [-0.4, -0.2) is 38.6 Å². The average Bonchev–Trinajstić information content (AvgIpc) is 3.25. The molecule has 3 aromatic rings. The molecule has 0 fully saturated rings. The van der Waals surface area contributed by atoms with Crippen LogP contribution in [0.4, 0.5) is 11.4 Å². The highest BCUT2D eigenvalue weighted by Gasteiger charge is 2.13. The number of carbonyl (C=O) groups is 1. The van der Waals surface area contributed by atoms with Gasteiger partial charge < -0.3 is 10.2 Å². The summed E-state index contributed by atoms with van der Waals surface area (Å²) in [5.41, 5.74) is 4.21. The fraction of sp³-hybridized carbons (Fsp3) is 0.350. The molecule has 2 heterocycles. The molecular weight excluding hydrogens is 420 g/mol. The Labute approximate surface area is 173 Å². The number of amides is 1. The third kappa shape index (κ3) is 4.27. The zero-order valence-corrected chi connectivity index (χ0v) is 18.2. The van der Waals surface area contributed by atoms with Crippen LogP contribution in [0.1, 0.15) is 35.7 Å². The van der Waals surface area contributed by atoms with Crippen LogP contribution in [-0.2, 0) is 6.67 Å². The summed E-state index contributed by atoms with van der Waals surface area (Å²) < 4.78 is 4.54. The minimum Gasteiger partial charge on any atom is -0.372 e. The number of aryl methyl sites for hydroxylation is 1. The molecule has 0 bridgehead atoms. The first-order valence-electron chi connectivity index (χ1n) is 9.32. The van der Waals surface area contributed by atoms with Crippen LogP contribution >= 0.6 is 15.9 Å². The van der Waals surface area contributed by atoms with Crippen LogP contribution in [0.15, 0.2) is 41.0 Å². The van der Waals surface area contributed by atoms with E-state index in [2.05, 4.69) is 50.2 Å². The summed E-state index contributed by atoms with van der Waals surface area (Å²) in [7, 11) is 0. The van der Waals surface area contributed by atoms with Crippen LogP contribution in [0.25, 0.3) is 0 Å².